The van der Waals surface area contributed by atoms with Gasteiger partial charge in [-0.05, 0) is 0 Å². The predicted octanol–water partition coefficient (Wildman–Crippen LogP) is 1.62. The minimum Gasteiger partial charge on any atom is -0.321 e. The number of hydrogen-bond acceptors (Lipinski definition) is 5. The standard InChI is InChI=1S/C8H6ClFN2O5S/c1-4(13)11-6-2-5(10)8(18(9,16)17)3-7(6)12(14)15/h2-3H,1H3,(H,11,13). The van der Waals surface area contributed by atoms with Gasteiger partial charge in [-0.3, -0.25) is 14.9 Å². The van der Waals surface area contributed by atoms with E-state index in [9.17, 15) is 27.7 Å². The van der Waals surface area contributed by atoms with E-state index < -0.39 is 42.0 Å². The van der Waals surface area contributed by atoms with Crippen molar-refractivity contribution in [3.63, 3.8) is 0 Å². The van der Waals surface area contributed by atoms with Crippen molar-refractivity contribution >= 4 is 37.0 Å². The van der Waals surface area contributed by atoms with Gasteiger partial charge >= 0.3 is 0 Å². The highest BCUT2D eigenvalue weighted by atomic mass is 35.7. The monoisotopic (exact) mass is 296 g/mol. The van der Waals surface area contributed by atoms with Gasteiger partial charge in [-0.25, -0.2) is 12.8 Å². The van der Waals surface area contributed by atoms with Gasteiger partial charge in [0.25, 0.3) is 14.7 Å². The molecule has 0 saturated heterocycles. The largest absolute Gasteiger partial charge is 0.321 e. The van der Waals surface area contributed by atoms with Crippen LogP contribution < -0.4 is 5.32 Å². The summed E-state index contributed by atoms with van der Waals surface area (Å²) in [5.41, 5.74) is -1.22. The summed E-state index contributed by atoms with van der Waals surface area (Å²) in [4.78, 5) is 19.5. The van der Waals surface area contributed by atoms with Crippen LogP contribution in [0.4, 0.5) is 15.8 Å². The van der Waals surface area contributed by atoms with E-state index in [-0.39, 0.29) is 0 Å². The first kappa shape index (κ1) is 14.3. The van der Waals surface area contributed by atoms with Gasteiger partial charge in [0.2, 0.25) is 5.91 Å². The first-order valence-electron chi connectivity index (χ1n) is 4.33. The number of anilines is 1. The molecule has 0 atom stereocenters. The van der Waals surface area contributed by atoms with Crippen LogP contribution in [-0.4, -0.2) is 19.2 Å². The molecule has 0 heterocycles. The van der Waals surface area contributed by atoms with Gasteiger partial charge in [-0.1, -0.05) is 0 Å². The molecule has 0 aromatic heterocycles. The minimum absolute atomic E-state index is 0.447. The van der Waals surface area contributed by atoms with E-state index in [2.05, 4.69) is 0 Å². The van der Waals surface area contributed by atoms with Gasteiger partial charge in [-0.2, -0.15) is 0 Å². The average molecular weight is 297 g/mol. The lowest BCUT2D eigenvalue weighted by molar-refractivity contribution is -0.384. The molecular formula is C8H6ClFN2O5S. The third kappa shape index (κ3) is 3.14. The molecule has 0 saturated carbocycles. The van der Waals surface area contributed by atoms with Crippen LogP contribution in [0.3, 0.4) is 0 Å². The summed E-state index contributed by atoms with van der Waals surface area (Å²) in [5.74, 6) is -1.96. The average Bonchev–Trinajstić information content (AvgIpc) is 2.13. The van der Waals surface area contributed by atoms with Crippen LogP contribution in [0.1, 0.15) is 6.92 Å². The third-order valence-corrected chi connectivity index (χ3v) is 3.16. The van der Waals surface area contributed by atoms with Crippen LogP contribution in [0.2, 0.25) is 0 Å². The molecule has 1 aromatic rings. The van der Waals surface area contributed by atoms with Crippen molar-refractivity contribution in [3.8, 4) is 0 Å². The predicted molar refractivity (Wildman–Crippen MR) is 60.4 cm³/mol. The Morgan fingerprint density at radius 1 is 1.50 bits per heavy atom. The molecule has 10 heteroatoms. The Balaban J connectivity index is 3.54. The number of halogens is 2. The van der Waals surface area contributed by atoms with Crippen molar-refractivity contribution in [3.05, 3.63) is 28.1 Å². The fraction of sp³-hybridized carbons (Fsp3) is 0.125. The van der Waals surface area contributed by atoms with Gasteiger partial charge in [0.05, 0.1) is 4.92 Å². The number of nitrogens with zero attached hydrogens (tertiary/aromatic N) is 1. The lowest BCUT2D eigenvalue weighted by Gasteiger charge is -2.05. The van der Waals surface area contributed by atoms with Crippen molar-refractivity contribution in [2.24, 2.45) is 0 Å². The summed E-state index contributed by atoms with van der Waals surface area (Å²) in [6.07, 6.45) is 0. The SMILES string of the molecule is CC(=O)Nc1cc(F)c(S(=O)(=O)Cl)cc1[N+](=O)[O-]. The molecule has 0 bridgehead atoms. The van der Waals surface area contributed by atoms with Crippen molar-refractivity contribution < 1.29 is 22.5 Å². The summed E-state index contributed by atoms with van der Waals surface area (Å²) < 4.78 is 35.4. The number of benzene rings is 1. The molecule has 1 aromatic carbocycles. The number of nitrogens with one attached hydrogen (secondary N) is 1. The normalized spacial score (nSPS) is 11.1. The molecule has 1 N–H and O–H groups in total. The van der Waals surface area contributed by atoms with E-state index >= 15 is 0 Å². The zero-order valence-electron chi connectivity index (χ0n) is 8.81. The van der Waals surface area contributed by atoms with Gasteiger partial charge < -0.3 is 5.32 Å². The molecular weight excluding hydrogens is 291 g/mol. The summed E-state index contributed by atoms with van der Waals surface area (Å²) in [6, 6.07) is 0.970. The molecule has 0 spiro atoms. The summed E-state index contributed by atoms with van der Waals surface area (Å²) >= 11 is 0. The first-order chi connectivity index (χ1) is 8.12. The highest BCUT2D eigenvalue weighted by Gasteiger charge is 2.25. The van der Waals surface area contributed by atoms with E-state index in [4.69, 9.17) is 10.7 Å². The maximum Gasteiger partial charge on any atom is 0.294 e. The topological polar surface area (TPSA) is 106 Å². The Hall–Kier alpha value is -1.74. The van der Waals surface area contributed by atoms with Crippen molar-refractivity contribution in [1.82, 2.24) is 0 Å². The highest BCUT2D eigenvalue weighted by molar-refractivity contribution is 8.13. The smallest absolute Gasteiger partial charge is 0.294 e. The van der Waals surface area contributed by atoms with Crippen LogP contribution in [0.5, 0.6) is 0 Å². The lowest BCUT2D eigenvalue weighted by atomic mass is 10.2. The van der Waals surface area contributed by atoms with Gasteiger partial charge in [0.1, 0.15) is 16.4 Å². The zero-order chi connectivity index (χ0) is 14.1. The number of hydrogen-bond donors (Lipinski definition) is 1. The molecule has 0 aliphatic carbocycles. The Kier molecular flexibility index (Phi) is 3.87. The highest BCUT2D eigenvalue weighted by Crippen LogP contribution is 2.31. The molecule has 18 heavy (non-hydrogen) atoms. The number of carbonyl (C=O) groups is 1. The lowest BCUT2D eigenvalue weighted by Crippen LogP contribution is -2.09. The molecule has 0 aliphatic rings. The fourth-order valence-corrected chi connectivity index (χ4v) is 2.07. The molecule has 98 valence electrons. The second kappa shape index (κ2) is 4.86. The van der Waals surface area contributed by atoms with Gasteiger partial charge in [0, 0.05) is 29.7 Å². The Morgan fingerprint density at radius 2 is 2.06 bits per heavy atom. The molecule has 0 fully saturated rings. The molecule has 0 radical (unpaired) electrons. The maximum absolute atomic E-state index is 13.4. The number of nitro groups is 1. The van der Waals surface area contributed by atoms with E-state index in [0.29, 0.717) is 12.1 Å². The summed E-state index contributed by atoms with van der Waals surface area (Å²) in [7, 11) is 0.466. The van der Waals surface area contributed by atoms with E-state index in [1.54, 1.807) is 0 Å². The van der Waals surface area contributed by atoms with Crippen molar-refractivity contribution in [2.75, 3.05) is 5.32 Å². The quantitative estimate of drug-likeness (QED) is 0.518. The summed E-state index contributed by atoms with van der Waals surface area (Å²) in [6.45, 7) is 1.06. The van der Waals surface area contributed by atoms with Crippen molar-refractivity contribution in [2.45, 2.75) is 11.8 Å². The van der Waals surface area contributed by atoms with Crippen LogP contribution in [-0.2, 0) is 13.8 Å². The zero-order valence-corrected chi connectivity index (χ0v) is 10.4. The Labute approximate surface area is 105 Å². The first-order valence-corrected chi connectivity index (χ1v) is 6.64. The Bertz CT molecular complexity index is 631. The molecule has 1 rings (SSSR count). The van der Waals surface area contributed by atoms with Crippen LogP contribution in [0.25, 0.3) is 0 Å². The van der Waals surface area contributed by atoms with E-state index in [1.165, 1.54) is 0 Å². The maximum atomic E-state index is 13.4. The van der Waals surface area contributed by atoms with E-state index in [1.807, 2.05) is 5.32 Å². The summed E-state index contributed by atoms with van der Waals surface area (Å²) in [5, 5.41) is 12.7. The molecule has 7 nitrogen and oxygen atoms in total. The number of amides is 1. The van der Waals surface area contributed by atoms with Crippen molar-refractivity contribution in [1.29, 1.82) is 0 Å². The van der Waals surface area contributed by atoms with Crippen LogP contribution in [0.15, 0.2) is 17.0 Å². The number of carbonyl (C=O) groups excluding carboxylic acids is 1. The second-order valence-corrected chi connectivity index (χ2v) is 5.71. The van der Waals surface area contributed by atoms with Crippen LogP contribution in [0, 0.1) is 15.9 Å². The molecule has 0 unspecified atom stereocenters. The second-order valence-electron chi connectivity index (χ2n) is 3.18. The van der Waals surface area contributed by atoms with Crippen LogP contribution >= 0.6 is 10.7 Å². The molecule has 0 aliphatic heterocycles. The fourth-order valence-electron chi connectivity index (χ4n) is 1.17. The van der Waals surface area contributed by atoms with Gasteiger partial charge in [-0.15, -0.1) is 0 Å². The molecule has 1 amide bonds. The number of nitro benzene ring substituents is 1. The van der Waals surface area contributed by atoms with Gasteiger partial charge in [0.15, 0.2) is 0 Å². The third-order valence-electron chi connectivity index (χ3n) is 1.82. The Morgan fingerprint density at radius 3 is 2.44 bits per heavy atom. The van der Waals surface area contributed by atoms with E-state index in [0.717, 1.165) is 6.92 Å². The number of rotatable bonds is 3. The minimum atomic E-state index is -4.45.